The quantitative estimate of drug-likeness (QED) is 0.101. The molecule has 0 bridgehead atoms. The van der Waals surface area contributed by atoms with Crippen molar-refractivity contribution in [3.8, 4) is 0 Å². The molecule has 0 aromatic carbocycles. The number of ether oxygens (including phenoxy) is 2. The largest absolute Gasteiger partial charge is 0.474 e. The Morgan fingerprint density at radius 3 is 1.45 bits per heavy atom. The van der Waals surface area contributed by atoms with Crippen molar-refractivity contribution in [2.75, 3.05) is 33.0 Å². The summed E-state index contributed by atoms with van der Waals surface area (Å²) in [5, 5.41) is 0. The molecule has 180 valence electrons. The summed E-state index contributed by atoms with van der Waals surface area (Å²) >= 11 is 0. The van der Waals surface area contributed by atoms with Gasteiger partial charge in [-0.15, -0.1) is 0 Å². The molecule has 0 radical (unpaired) electrons. The van der Waals surface area contributed by atoms with E-state index in [1.165, 1.54) is 19.3 Å². The molecule has 0 amide bonds. The van der Waals surface area contributed by atoms with Gasteiger partial charge in [0.15, 0.2) is 0 Å². The van der Waals surface area contributed by atoms with Crippen molar-refractivity contribution in [3.05, 3.63) is 24.3 Å². The van der Waals surface area contributed by atoms with Crippen molar-refractivity contribution < 1.29 is 37.2 Å². The van der Waals surface area contributed by atoms with E-state index in [2.05, 4.69) is 20.1 Å². The number of rotatable bonds is 20. The van der Waals surface area contributed by atoms with Crippen LogP contribution in [-0.2, 0) is 37.2 Å². The molecule has 0 fully saturated rings. The van der Waals surface area contributed by atoms with Gasteiger partial charge in [-0.25, -0.2) is 14.2 Å². The number of phosphoric ester groups is 1. The van der Waals surface area contributed by atoms with Crippen LogP contribution < -0.4 is 0 Å². The van der Waals surface area contributed by atoms with Crippen LogP contribution in [0.4, 0.5) is 0 Å². The van der Waals surface area contributed by atoms with E-state index < -0.39 is 19.8 Å². The van der Waals surface area contributed by atoms with Gasteiger partial charge < -0.3 is 9.47 Å². The molecular formula is C22H39O8P. The normalized spacial score (nSPS) is 11.2. The Labute approximate surface area is 186 Å². The minimum Gasteiger partial charge on any atom is -0.462 e. The van der Waals surface area contributed by atoms with E-state index in [9.17, 15) is 14.2 Å². The summed E-state index contributed by atoms with van der Waals surface area (Å²) in [6.45, 7) is 12.9. The molecule has 0 atom stereocenters. The first-order chi connectivity index (χ1) is 14.7. The molecular weight excluding hydrogens is 423 g/mol. The third kappa shape index (κ3) is 16.8. The number of hydrogen-bond donors (Lipinski definition) is 0. The standard InChI is InChI=1S/C22H39O8P/c1-6-7-8-9-10-11-16-28-31(25,29-17-12-14-26-21(23)19(2)3)30-18-13-15-27-22(24)20(4)5/h2,4,6-18H2,1,3,5H3. The second-order valence-corrected chi connectivity index (χ2v) is 8.92. The third-order valence-electron chi connectivity index (χ3n) is 3.99. The van der Waals surface area contributed by atoms with Gasteiger partial charge in [0.25, 0.3) is 0 Å². The molecule has 0 aromatic heterocycles. The Kier molecular flexibility index (Phi) is 17.3. The van der Waals surface area contributed by atoms with Crippen molar-refractivity contribution in [3.63, 3.8) is 0 Å². The summed E-state index contributed by atoms with van der Waals surface area (Å²) < 4.78 is 38.9. The number of phosphoric acid groups is 1. The van der Waals surface area contributed by atoms with Crippen molar-refractivity contribution in [1.82, 2.24) is 0 Å². The molecule has 0 saturated carbocycles. The van der Waals surface area contributed by atoms with Gasteiger partial charge in [0.2, 0.25) is 0 Å². The minimum atomic E-state index is -3.76. The lowest BCUT2D eigenvalue weighted by Gasteiger charge is -2.18. The zero-order valence-corrected chi connectivity index (χ0v) is 20.2. The second-order valence-electron chi connectivity index (χ2n) is 7.25. The fourth-order valence-corrected chi connectivity index (χ4v) is 3.50. The van der Waals surface area contributed by atoms with Gasteiger partial charge in [-0.05, 0) is 20.3 Å². The molecule has 0 rings (SSSR count). The highest BCUT2D eigenvalue weighted by atomic mass is 31.2. The lowest BCUT2D eigenvalue weighted by atomic mass is 10.1. The predicted molar refractivity (Wildman–Crippen MR) is 120 cm³/mol. The van der Waals surface area contributed by atoms with Crippen LogP contribution in [0.3, 0.4) is 0 Å². The molecule has 8 nitrogen and oxygen atoms in total. The van der Waals surface area contributed by atoms with Crippen LogP contribution in [0.2, 0.25) is 0 Å². The molecule has 31 heavy (non-hydrogen) atoms. The van der Waals surface area contributed by atoms with Crippen molar-refractivity contribution >= 4 is 19.8 Å². The smallest absolute Gasteiger partial charge is 0.462 e. The maximum atomic E-state index is 12.8. The summed E-state index contributed by atoms with van der Waals surface area (Å²) in [7, 11) is -3.76. The van der Waals surface area contributed by atoms with Gasteiger partial charge in [0, 0.05) is 24.0 Å². The summed E-state index contributed by atoms with van der Waals surface area (Å²) in [5.41, 5.74) is 0.620. The van der Waals surface area contributed by atoms with Gasteiger partial charge >= 0.3 is 19.8 Å². The Morgan fingerprint density at radius 2 is 1.03 bits per heavy atom. The average Bonchev–Trinajstić information content (AvgIpc) is 2.72. The Bertz CT molecular complexity index is 562. The average molecular weight is 463 g/mol. The maximum absolute atomic E-state index is 12.8. The van der Waals surface area contributed by atoms with Crippen LogP contribution in [0, 0.1) is 0 Å². The van der Waals surface area contributed by atoms with Crippen LogP contribution in [0.15, 0.2) is 24.3 Å². The molecule has 0 aromatic rings. The molecule has 0 aliphatic rings. The SMILES string of the molecule is C=C(C)C(=O)OCCCOP(=O)(OCCCCCCCC)OCCCOC(=O)C(=C)C. The fourth-order valence-electron chi connectivity index (χ4n) is 2.22. The number of esters is 2. The van der Waals surface area contributed by atoms with E-state index in [1.54, 1.807) is 13.8 Å². The summed E-state index contributed by atoms with van der Waals surface area (Å²) in [6.07, 6.45) is 7.07. The molecule has 0 aliphatic heterocycles. The van der Waals surface area contributed by atoms with Gasteiger partial charge in [0.05, 0.1) is 33.0 Å². The highest BCUT2D eigenvalue weighted by Crippen LogP contribution is 2.49. The number of unbranched alkanes of at least 4 members (excludes halogenated alkanes) is 5. The zero-order valence-electron chi connectivity index (χ0n) is 19.3. The molecule has 0 N–H and O–H groups in total. The highest BCUT2D eigenvalue weighted by Gasteiger charge is 2.26. The topological polar surface area (TPSA) is 97.4 Å². The summed E-state index contributed by atoms with van der Waals surface area (Å²) in [5.74, 6) is -0.967. The van der Waals surface area contributed by atoms with Crippen LogP contribution in [0.1, 0.15) is 72.1 Å². The first kappa shape index (κ1) is 29.5. The Balaban J connectivity index is 4.33. The monoisotopic (exact) mass is 462 g/mol. The van der Waals surface area contributed by atoms with Crippen molar-refractivity contribution in [2.45, 2.75) is 72.1 Å². The van der Waals surface area contributed by atoms with Crippen molar-refractivity contribution in [1.29, 1.82) is 0 Å². The van der Waals surface area contributed by atoms with Gasteiger partial charge in [-0.1, -0.05) is 52.2 Å². The molecule has 0 heterocycles. The number of carbonyl (C=O) groups excluding carboxylic acids is 2. The Morgan fingerprint density at radius 1 is 0.645 bits per heavy atom. The third-order valence-corrected chi connectivity index (χ3v) is 5.48. The van der Waals surface area contributed by atoms with Crippen LogP contribution in [0.5, 0.6) is 0 Å². The Hall–Kier alpha value is -1.47. The minimum absolute atomic E-state index is 0.0435. The second kappa shape index (κ2) is 18.1. The molecule has 0 spiro atoms. The van der Waals surface area contributed by atoms with E-state index >= 15 is 0 Å². The number of hydrogen-bond acceptors (Lipinski definition) is 8. The zero-order chi connectivity index (χ0) is 23.5. The molecule has 9 heteroatoms. The predicted octanol–water partition coefficient (Wildman–Crippen LogP) is 5.52. The van der Waals surface area contributed by atoms with E-state index in [-0.39, 0.29) is 33.0 Å². The summed E-state index contributed by atoms with van der Waals surface area (Å²) in [4.78, 5) is 22.7. The fraction of sp³-hybridized carbons (Fsp3) is 0.727. The van der Waals surface area contributed by atoms with E-state index in [0.29, 0.717) is 24.0 Å². The van der Waals surface area contributed by atoms with Gasteiger partial charge in [-0.3, -0.25) is 13.6 Å². The highest BCUT2D eigenvalue weighted by molar-refractivity contribution is 7.48. The van der Waals surface area contributed by atoms with Crippen LogP contribution in [-0.4, -0.2) is 45.0 Å². The molecule has 0 unspecified atom stereocenters. The van der Waals surface area contributed by atoms with E-state index in [0.717, 1.165) is 19.3 Å². The van der Waals surface area contributed by atoms with Gasteiger partial charge in [-0.2, -0.15) is 0 Å². The lowest BCUT2D eigenvalue weighted by molar-refractivity contribution is -0.140. The first-order valence-electron chi connectivity index (χ1n) is 10.9. The first-order valence-corrected chi connectivity index (χ1v) is 12.4. The maximum Gasteiger partial charge on any atom is 0.474 e. The van der Waals surface area contributed by atoms with Gasteiger partial charge in [0.1, 0.15) is 0 Å². The molecule has 0 saturated heterocycles. The van der Waals surface area contributed by atoms with Crippen LogP contribution >= 0.6 is 7.82 Å². The van der Waals surface area contributed by atoms with Crippen LogP contribution in [0.25, 0.3) is 0 Å². The lowest BCUT2D eigenvalue weighted by Crippen LogP contribution is -2.10. The number of carbonyl (C=O) groups is 2. The van der Waals surface area contributed by atoms with E-state index in [1.807, 2.05) is 0 Å². The molecule has 0 aliphatic carbocycles. The van der Waals surface area contributed by atoms with E-state index in [4.69, 9.17) is 23.0 Å². The van der Waals surface area contributed by atoms with Crippen molar-refractivity contribution in [2.24, 2.45) is 0 Å². The summed E-state index contributed by atoms with van der Waals surface area (Å²) in [6, 6.07) is 0.